The Hall–Kier alpha value is -2.83. The first-order valence-corrected chi connectivity index (χ1v) is 8.20. The predicted molar refractivity (Wildman–Crippen MR) is 96.6 cm³/mol. The number of nitrogens with one attached hydrogen (secondary N) is 1. The van der Waals surface area contributed by atoms with Crippen LogP contribution in [0.1, 0.15) is 18.7 Å². The van der Waals surface area contributed by atoms with E-state index < -0.39 is 0 Å². The SMILES string of the molecule is Cc1nc2c(Nc3ccc(N4CCCC4)cc3)nc(N)nc2n1C. The zero-order valence-electron chi connectivity index (χ0n) is 14.0. The van der Waals surface area contributed by atoms with Crippen molar-refractivity contribution in [3.05, 3.63) is 30.1 Å². The van der Waals surface area contributed by atoms with Crippen molar-refractivity contribution in [3.8, 4) is 0 Å². The number of benzene rings is 1. The third kappa shape index (κ3) is 2.51. The van der Waals surface area contributed by atoms with Gasteiger partial charge in [0.05, 0.1) is 0 Å². The second kappa shape index (κ2) is 5.67. The molecular formula is C17H21N7. The molecule has 0 radical (unpaired) electrons. The van der Waals surface area contributed by atoms with E-state index in [2.05, 4.69) is 49.4 Å². The number of nitrogen functional groups attached to an aromatic ring is 1. The molecule has 0 aliphatic carbocycles. The van der Waals surface area contributed by atoms with Crippen molar-refractivity contribution in [3.63, 3.8) is 0 Å². The predicted octanol–water partition coefficient (Wildman–Crippen LogP) is 2.60. The van der Waals surface area contributed by atoms with Gasteiger partial charge in [-0.25, -0.2) is 4.98 Å². The lowest BCUT2D eigenvalue weighted by molar-refractivity contribution is 0.874. The Kier molecular flexibility index (Phi) is 3.48. The van der Waals surface area contributed by atoms with Crippen molar-refractivity contribution in [1.29, 1.82) is 0 Å². The first-order valence-electron chi connectivity index (χ1n) is 8.20. The van der Waals surface area contributed by atoms with Crippen LogP contribution in [0, 0.1) is 6.92 Å². The molecule has 3 heterocycles. The highest BCUT2D eigenvalue weighted by atomic mass is 15.2. The summed E-state index contributed by atoms with van der Waals surface area (Å²) in [5, 5.41) is 3.32. The summed E-state index contributed by atoms with van der Waals surface area (Å²) in [4.78, 5) is 15.6. The molecule has 2 aromatic heterocycles. The molecule has 1 aromatic carbocycles. The summed E-state index contributed by atoms with van der Waals surface area (Å²) in [5.41, 5.74) is 9.54. The number of aromatic nitrogens is 4. The fourth-order valence-corrected chi connectivity index (χ4v) is 3.14. The quantitative estimate of drug-likeness (QED) is 0.770. The van der Waals surface area contributed by atoms with E-state index >= 15 is 0 Å². The van der Waals surface area contributed by atoms with E-state index in [1.165, 1.54) is 18.5 Å². The van der Waals surface area contributed by atoms with Crippen molar-refractivity contribution in [1.82, 2.24) is 19.5 Å². The first kappa shape index (κ1) is 14.7. The molecule has 3 N–H and O–H groups in total. The second-order valence-electron chi connectivity index (χ2n) is 6.19. The maximum Gasteiger partial charge on any atom is 0.224 e. The molecule has 0 amide bonds. The largest absolute Gasteiger partial charge is 0.372 e. The molecule has 0 saturated carbocycles. The summed E-state index contributed by atoms with van der Waals surface area (Å²) in [6.45, 7) is 4.22. The van der Waals surface area contributed by atoms with Gasteiger partial charge in [0.15, 0.2) is 17.0 Å². The van der Waals surface area contributed by atoms with Crippen LogP contribution in [0.2, 0.25) is 0 Å². The Morgan fingerprint density at radius 3 is 2.46 bits per heavy atom. The highest BCUT2D eigenvalue weighted by Gasteiger charge is 2.14. The Balaban J connectivity index is 1.65. The minimum atomic E-state index is 0.238. The van der Waals surface area contributed by atoms with Crippen LogP contribution in [0.15, 0.2) is 24.3 Å². The molecule has 1 saturated heterocycles. The summed E-state index contributed by atoms with van der Waals surface area (Å²) in [7, 11) is 1.92. The van der Waals surface area contributed by atoms with E-state index in [1.807, 2.05) is 18.5 Å². The first-order chi connectivity index (χ1) is 11.6. The Labute approximate surface area is 140 Å². The molecule has 7 heteroatoms. The minimum absolute atomic E-state index is 0.238. The number of nitrogens with zero attached hydrogens (tertiary/aromatic N) is 5. The van der Waals surface area contributed by atoms with Gasteiger partial charge in [0, 0.05) is 31.5 Å². The highest BCUT2D eigenvalue weighted by molar-refractivity contribution is 5.87. The van der Waals surface area contributed by atoms with Crippen LogP contribution in [-0.4, -0.2) is 32.6 Å². The highest BCUT2D eigenvalue weighted by Crippen LogP contribution is 2.26. The molecule has 0 bridgehead atoms. The molecule has 1 aliphatic heterocycles. The van der Waals surface area contributed by atoms with Crippen LogP contribution >= 0.6 is 0 Å². The van der Waals surface area contributed by atoms with E-state index in [0.29, 0.717) is 5.82 Å². The van der Waals surface area contributed by atoms with Crippen LogP contribution in [-0.2, 0) is 7.05 Å². The maximum atomic E-state index is 5.85. The molecule has 0 atom stereocenters. The maximum absolute atomic E-state index is 5.85. The smallest absolute Gasteiger partial charge is 0.224 e. The van der Waals surface area contributed by atoms with E-state index in [0.717, 1.165) is 35.8 Å². The van der Waals surface area contributed by atoms with Crippen molar-refractivity contribution in [2.24, 2.45) is 7.05 Å². The molecule has 24 heavy (non-hydrogen) atoms. The Morgan fingerprint density at radius 1 is 1.04 bits per heavy atom. The lowest BCUT2D eigenvalue weighted by Gasteiger charge is -2.18. The molecule has 7 nitrogen and oxygen atoms in total. The number of aryl methyl sites for hydroxylation is 2. The Morgan fingerprint density at radius 2 is 1.75 bits per heavy atom. The average molecular weight is 323 g/mol. The van der Waals surface area contributed by atoms with Gasteiger partial charge in [0.2, 0.25) is 5.95 Å². The molecule has 1 aliphatic rings. The van der Waals surface area contributed by atoms with Gasteiger partial charge in [-0.2, -0.15) is 9.97 Å². The van der Waals surface area contributed by atoms with Gasteiger partial charge in [-0.05, 0) is 44.0 Å². The van der Waals surface area contributed by atoms with Crippen LogP contribution < -0.4 is 16.0 Å². The summed E-state index contributed by atoms with van der Waals surface area (Å²) >= 11 is 0. The van der Waals surface area contributed by atoms with Crippen molar-refractivity contribution in [2.45, 2.75) is 19.8 Å². The third-order valence-corrected chi connectivity index (χ3v) is 4.56. The molecule has 124 valence electrons. The summed E-state index contributed by atoms with van der Waals surface area (Å²) in [6, 6.07) is 8.40. The van der Waals surface area contributed by atoms with Crippen molar-refractivity contribution < 1.29 is 0 Å². The number of anilines is 4. The molecule has 0 unspecified atom stereocenters. The monoisotopic (exact) mass is 323 g/mol. The van der Waals surface area contributed by atoms with Crippen molar-refractivity contribution >= 4 is 34.3 Å². The fraction of sp³-hybridized carbons (Fsp3) is 0.353. The summed E-state index contributed by atoms with van der Waals surface area (Å²) in [6.07, 6.45) is 2.55. The van der Waals surface area contributed by atoms with Crippen LogP contribution in [0.5, 0.6) is 0 Å². The van der Waals surface area contributed by atoms with Crippen LogP contribution in [0.4, 0.5) is 23.1 Å². The van der Waals surface area contributed by atoms with Gasteiger partial charge in [0.25, 0.3) is 0 Å². The van der Waals surface area contributed by atoms with E-state index in [1.54, 1.807) is 0 Å². The number of fused-ring (bicyclic) bond motifs is 1. The minimum Gasteiger partial charge on any atom is -0.372 e. The van der Waals surface area contributed by atoms with Crippen LogP contribution in [0.3, 0.4) is 0 Å². The zero-order valence-corrected chi connectivity index (χ0v) is 14.0. The second-order valence-corrected chi connectivity index (χ2v) is 6.19. The average Bonchev–Trinajstić information content (AvgIpc) is 3.19. The van der Waals surface area contributed by atoms with E-state index in [9.17, 15) is 0 Å². The lowest BCUT2D eigenvalue weighted by atomic mass is 10.2. The van der Waals surface area contributed by atoms with Gasteiger partial charge in [0.1, 0.15) is 5.82 Å². The lowest BCUT2D eigenvalue weighted by Crippen LogP contribution is -2.17. The molecule has 0 spiro atoms. The zero-order chi connectivity index (χ0) is 16.7. The molecular weight excluding hydrogens is 302 g/mol. The number of imidazole rings is 1. The molecule has 1 fully saturated rings. The number of rotatable bonds is 3. The molecule has 3 aromatic rings. The molecule has 4 rings (SSSR count). The van der Waals surface area contributed by atoms with Gasteiger partial charge in [-0.1, -0.05) is 0 Å². The summed E-state index contributed by atoms with van der Waals surface area (Å²) < 4.78 is 1.91. The normalized spacial score (nSPS) is 14.5. The van der Waals surface area contributed by atoms with Crippen molar-refractivity contribution in [2.75, 3.05) is 29.0 Å². The topological polar surface area (TPSA) is 84.9 Å². The van der Waals surface area contributed by atoms with Gasteiger partial charge in [-0.15, -0.1) is 0 Å². The van der Waals surface area contributed by atoms with Gasteiger partial charge >= 0.3 is 0 Å². The fourth-order valence-electron chi connectivity index (χ4n) is 3.14. The van der Waals surface area contributed by atoms with E-state index in [-0.39, 0.29) is 5.95 Å². The van der Waals surface area contributed by atoms with E-state index in [4.69, 9.17) is 5.73 Å². The Bertz CT molecular complexity index is 876. The third-order valence-electron chi connectivity index (χ3n) is 4.56. The number of nitrogens with two attached hydrogens (primary N) is 1. The van der Waals surface area contributed by atoms with Crippen LogP contribution in [0.25, 0.3) is 11.2 Å². The number of hydrogen-bond donors (Lipinski definition) is 2. The number of hydrogen-bond acceptors (Lipinski definition) is 6. The summed E-state index contributed by atoms with van der Waals surface area (Å²) in [5.74, 6) is 1.74. The van der Waals surface area contributed by atoms with Gasteiger partial charge in [-0.3, -0.25) is 0 Å². The standard InChI is InChI=1S/C17H21N7/c1-11-19-14-15(21-17(18)22-16(14)23(11)2)20-12-5-7-13(8-6-12)24-9-3-4-10-24/h5-8H,3-4,9-10H2,1-2H3,(H3,18,20,21,22). The van der Waals surface area contributed by atoms with Gasteiger partial charge < -0.3 is 20.5 Å².